The Labute approximate surface area is 137 Å². The quantitative estimate of drug-likeness (QED) is 0.397. The van der Waals surface area contributed by atoms with Crippen molar-refractivity contribution in [2.24, 2.45) is 5.73 Å². The molecule has 1 aliphatic heterocycles. The van der Waals surface area contributed by atoms with Gasteiger partial charge in [0.25, 0.3) is 5.69 Å². The van der Waals surface area contributed by atoms with Gasteiger partial charge in [-0.2, -0.15) is 0 Å². The number of nitro benzene ring substituents is 1. The van der Waals surface area contributed by atoms with E-state index in [9.17, 15) is 19.7 Å². The maximum atomic E-state index is 11.9. The second-order valence-electron chi connectivity index (χ2n) is 5.18. The number of carbonyl (C=O) groups is 2. The van der Waals surface area contributed by atoms with Gasteiger partial charge >= 0.3 is 0 Å². The molecular formula is C14H18N4O4S. The summed E-state index contributed by atoms with van der Waals surface area (Å²) in [6.45, 7) is 1.75. The summed E-state index contributed by atoms with van der Waals surface area (Å²) < 4.78 is 0. The summed E-state index contributed by atoms with van der Waals surface area (Å²) in [5.41, 5.74) is 4.97. The Morgan fingerprint density at radius 1 is 1.39 bits per heavy atom. The van der Waals surface area contributed by atoms with E-state index in [4.69, 9.17) is 5.73 Å². The van der Waals surface area contributed by atoms with Gasteiger partial charge in [0, 0.05) is 17.7 Å². The van der Waals surface area contributed by atoms with E-state index < -0.39 is 10.8 Å². The van der Waals surface area contributed by atoms with Crippen LogP contribution < -0.4 is 16.4 Å². The minimum absolute atomic E-state index is 0.0696. The predicted molar refractivity (Wildman–Crippen MR) is 86.4 cm³/mol. The van der Waals surface area contributed by atoms with Gasteiger partial charge in [0.1, 0.15) is 0 Å². The van der Waals surface area contributed by atoms with Gasteiger partial charge in [-0.25, -0.2) is 0 Å². The van der Waals surface area contributed by atoms with E-state index in [1.165, 1.54) is 12.1 Å². The summed E-state index contributed by atoms with van der Waals surface area (Å²) in [6.07, 6.45) is 1.76. The third-order valence-electron chi connectivity index (χ3n) is 3.50. The van der Waals surface area contributed by atoms with Gasteiger partial charge in [-0.1, -0.05) is 0 Å². The number of hydrogen-bond donors (Lipinski definition) is 3. The number of rotatable bonds is 6. The van der Waals surface area contributed by atoms with Crippen LogP contribution in [0.1, 0.15) is 23.2 Å². The number of nitrogens with two attached hydrogens (primary N) is 1. The van der Waals surface area contributed by atoms with E-state index in [-0.39, 0.29) is 29.0 Å². The first-order valence-electron chi connectivity index (χ1n) is 7.18. The van der Waals surface area contributed by atoms with E-state index in [2.05, 4.69) is 10.6 Å². The molecule has 1 aromatic rings. The lowest BCUT2D eigenvalue weighted by atomic mass is 10.1. The lowest BCUT2D eigenvalue weighted by molar-refractivity contribution is -0.387. The molecule has 1 heterocycles. The van der Waals surface area contributed by atoms with Crippen molar-refractivity contribution in [2.75, 3.05) is 18.8 Å². The second kappa shape index (κ2) is 7.93. The van der Waals surface area contributed by atoms with E-state index in [1.807, 2.05) is 0 Å². The number of nitrogens with one attached hydrogen (secondary N) is 2. The zero-order valence-electron chi connectivity index (χ0n) is 12.4. The molecule has 2 amide bonds. The van der Waals surface area contributed by atoms with Crippen LogP contribution in [-0.4, -0.2) is 41.6 Å². The average molecular weight is 338 g/mol. The van der Waals surface area contributed by atoms with Crippen molar-refractivity contribution in [2.45, 2.75) is 23.8 Å². The smallest absolute Gasteiger partial charge is 0.283 e. The van der Waals surface area contributed by atoms with Gasteiger partial charge in [-0.15, -0.1) is 11.8 Å². The summed E-state index contributed by atoms with van der Waals surface area (Å²) in [6, 6.07) is 4.15. The van der Waals surface area contributed by atoms with Crippen LogP contribution >= 0.6 is 11.8 Å². The molecule has 0 spiro atoms. The Morgan fingerprint density at radius 2 is 2.09 bits per heavy atom. The molecule has 0 atom stereocenters. The Hall–Kier alpha value is -2.13. The standard InChI is InChI=1S/C14H18N4O4S/c15-14(20)9-1-2-12(11(7-9)18(21)22)23-8-13(19)17-10-3-5-16-6-4-10/h1-2,7,10,16H,3-6,8H2,(H2,15,20)(H,17,19). The van der Waals surface area contributed by atoms with Crippen molar-refractivity contribution in [3.8, 4) is 0 Å². The van der Waals surface area contributed by atoms with Gasteiger partial charge in [-0.05, 0) is 38.1 Å². The fraction of sp³-hybridized carbons (Fsp3) is 0.429. The summed E-state index contributed by atoms with van der Waals surface area (Å²) in [4.78, 5) is 33.9. The van der Waals surface area contributed by atoms with Crippen LogP contribution in [0.4, 0.5) is 5.69 Å². The average Bonchev–Trinajstić information content (AvgIpc) is 2.53. The topological polar surface area (TPSA) is 127 Å². The zero-order valence-corrected chi connectivity index (χ0v) is 13.2. The Morgan fingerprint density at radius 3 is 2.70 bits per heavy atom. The molecular weight excluding hydrogens is 320 g/mol. The fourth-order valence-corrected chi connectivity index (χ4v) is 3.13. The first-order chi connectivity index (χ1) is 11.0. The van der Waals surface area contributed by atoms with Gasteiger partial charge < -0.3 is 16.4 Å². The van der Waals surface area contributed by atoms with Crippen LogP contribution in [0.5, 0.6) is 0 Å². The normalized spacial score (nSPS) is 15.1. The summed E-state index contributed by atoms with van der Waals surface area (Å²) in [5.74, 6) is -0.802. The highest BCUT2D eigenvalue weighted by molar-refractivity contribution is 8.00. The van der Waals surface area contributed by atoms with Crippen molar-refractivity contribution >= 4 is 29.3 Å². The van der Waals surface area contributed by atoms with Crippen LogP contribution in [0.2, 0.25) is 0 Å². The Kier molecular flexibility index (Phi) is 5.94. The summed E-state index contributed by atoms with van der Waals surface area (Å²) >= 11 is 1.07. The van der Waals surface area contributed by atoms with E-state index >= 15 is 0 Å². The number of primary amides is 1. The van der Waals surface area contributed by atoms with Gasteiger partial charge in [0.2, 0.25) is 11.8 Å². The minimum Gasteiger partial charge on any atom is -0.366 e. The fourth-order valence-electron chi connectivity index (χ4n) is 2.31. The SMILES string of the molecule is NC(=O)c1ccc(SCC(=O)NC2CCNCC2)c([N+](=O)[O-])c1. The van der Waals surface area contributed by atoms with Gasteiger partial charge in [0.05, 0.1) is 15.6 Å². The van der Waals surface area contributed by atoms with Crippen LogP contribution in [0.25, 0.3) is 0 Å². The highest BCUT2D eigenvalue weighted by Crippen LogP contribution is 2.30. The Bertz CT molecular complexity index is 617. The number of hydrogen-bond acceptors (Lipinski definition) is 6. The van der Waals surface area contributed by atoms with Crippen molar-refractivity contribution in [3.63, 3.8) is 0 Å². The molecule has 9 heteroatoms. The van der Waals surface area contributed by atoms with Crippen LogP contribution in [0, 0.1) is 10.1 Å². The summed E-state index contributed by atoms with van der Waals surface area (Å²) in [7, 11) is 0. The number of nitrogens with zero attached hydrogens (tertiary/aromatic N) is 1. The predicted octanol–water partition coefficient (Wildman–Crippen LogP) is 0.654. The number of thioether (sulfide) groups is 1. The lowest BCUT2D eigenvalue weighted by Crippen LogP contribution is -2.43. The molecule has 124 valence electrons. The van der Waals surface area contributed by atoms with Crippen molar-refractivity contribution in [1.29, 1.82) is 0 Å². The molecule has 0 aliphatic carbocycles. The van der Waals surface area contributed by atoms with Crippen molar-refractivity contribution < 1.29 is 14.5 Å². The number of carbonyl (C=O) groups excluding carboxylic acids is 2. The van der Waals surface area contributed by atoms with Gasteiger partial charge in [-0.3, -0.25) is 19.7 Å². The maximum absolute atomic E-state index is 11.9. The molecule has 8 nitrogen and oxygen atoms in total. The molecule has 1 aromatic carbocycles. The largest absolute Gasteiger partial charge is 0.366 e. The lowest BCUT2D eigenvalue weighted by Gasteiger charge is -2.23. The number of amides is 2. The highest BCUT2D eigenvalue weighted by Gasteiger charge is 2.19. The number of benzene rings is 1. The van der Waals surface area contributed by atoms with E-state index in [0.29, 0.717) is 4.90 Å². The molecule has 1 aliphatic rings. The van der Waals surface area contributed by atoms with Crippen molar-refractivity contribution in [3.05, 3.63) is 33.9 Å². The first-order valence-corrected chi connectivity index (χ1v) is 8.17. The minimum atomic E-state index is -0.728. The zero-order chi connectivity index (χ0) is 16.8. The molecule has 1 fully saturated rings. The van der Waals surface area contributed by atoms with Crippen LogP contribution in [-0.2, 0) is 4.79 Å². The number of piperidine rings is 1. The van der Waals surface area contributed by atoms with E-state index in [0.717, 1.165) is 43.8 Å². The molecule has 2 rings (SSSR count). The second-order valence-corrected chi connectivity index (χ2v) is 6.20. The molecule has 0 radical (unpaired) electrons. The Balaban J connectivity index is 1.97. The maximum Gasteiger partial charge on any atom is 0.283 e. The van der Waals surface area contributed by atoms with Crippen LogP contribution in [0.3, 0.4) is 0 Å². The molecule has 0 unspecified atom stereocenters. The molecule has 0 bridgehead atoms. The van der Waals surface area contributed by atoms with Gasteiger partial charge in [0.15, 0.2) is 0 Å². The third-order valence-corrected chi connectivity index (χ3v) is 4.57. The molecule has 1 saturated heterocycles. The van der Waals surface area contributed by atoms with Crippen molar-refractivity contribution in [1.82, 2.24) is 10.6 Å². The van der Waals surface area contributed by atoms with Crippen LogP contribution in [0.15, 0.2) is 23.1 Å². The first kappa shape index (κ1) is 17.2. The molecule has 0 aromatic heterocycles. The molecule has 0 saturated carbocycles. The summed E-state index contributed by atoms with van der Waals surface area (Å²) in [5, 5.41) is 17.2. The monoisotopic (exact) mass is 338 g/mol. The van der Waals surface area contributed by atoms with E-state index in [1.54, 1.807) is 0 Å². The number of nitro groups is 1. The third kappa shape index (κ3) is 4.93. The highest BCUT2D eigenvalue weighted by atomic mass is 32.2. The molecule has 4 N–H and O–H groups in total. The molecule has 23 heavy (non-hydrogen) atoms.